The molecule has 0 saturated heterocycles. The molecule has 0 amide bonds. The van der Waals surface area contributed by atoms with E-state index in [1.54, 1.807) is 21.1 Å². The maximum absolute atomic E-state index is 10.3. The molecule has 0 bridgehead atoms. The summed E-state index contributed by atoms with van der Waals surface area (Å²) in [5.74, 6) is 7.77. The Balaban J connectivity index is 3.00. The van der Waals surface area contributed by atoms with Crippen LogP contribution >= 0.6 is 0 Å². The van der Waals surface area contributed by atoms with Crippen LogP contribution in [0.4, 0.5) is 0 Å². The monoisotopic (exact) mass is 276 g/mol. The first kappa shape index (κ1) is 16.4. The lowest BCUT2D eigenvalue weighted by atomic mass is 9.92. The van der Waals surface area contributed by atoms with Gasteiger partial charge in [-0.1, -0.05) is 32.1 Å². The van der Waals surface area contributed by atoms with Gasteiger partial charge in [0.15, 0.2) is 0 Å². The number of ether oxygens (including phenoxy) is 2. The molecule has 20 heavy (non-hydrogen) atoms. The van der Waals surface area contributed by atoms with Crippen LogP contribution in [-0.4, -0.2) is 24.9 Å². The van der Waals surface area contributed by atoms with Crippen LogP contribution in [-0.2, 0) is 0 Å². The molecule has 1 aromatic carbocycles. The Labute approximate surface area is 121 Å². The van der Waals surface area contributed by atoms with Crippen LogP contribution in [0.5, 0.6) is 11.5 Å². The molecule has 3 heteroatoms. The molecule has 0 heterocycles. The fraction of sp³-hybridized carbons (Fsp3) is 0.529. The Hall–Kier alpha value is -1.66. The zero-order valence-corrected chi connectivity index (χ0v) is 13.0. The zero-order chi connectivity index (χ0) is 15.2. The second-order valence-corrected chi connectivity index (χ2v) is 5.31. The predicted molar refractivity (Wildman–Crippen MR) is 81.1 cm³/mol. The van der Waals surface area contributed by atoms with Crippen LogP contribution < -0.4 is 9.47 Å². The second-order valence-electron chi connectivity index (χ2n) is 5.31. The average Bonchev–Trinajstić information content (AvgIpc) is 2.44. The second kappa shape index (κ2) is 7.21. The van der Waals surface area contributed by atoms with Gasteiger partial charge in [0.2, 0.25) is 0 Å². The lowest BCUT2D eigenvalue weighted by molar-refractivity contribution is 0.0939. The largest absolute Gasteiger partial charge is 0.497 e. The molecule has 0 aliphatic heterocycles. The molecule has 1 rings (SSSR count). The van der Waals surface area contributed by atoms with Crippen molar-refractivity contribution in [1.29, 1.82) is 0 Å². The van der Waals surface area contributed by atoms with Gasteiger partial charge in [0, 0.05) is 0 Å². The number of hydrogen-bond donors (Lipinski definition) is 1. The number of benzene rings is 1. The molecule has 0 saturated carbocycles. The topological polar surface area (TPSA) is 38.7 Å². The number of methoxy groups -OCH3 is 2. The highest BCUT2D eigenvalue weighted by Crippen LogP contribution is 2.24. The van der Waals surface area contributed by atoms with E-state index in [0.717, 1.165) is 17.7 Å². The molecule has 1 aromatic rings. The molecule has 0 spiro atoms. The fourth-order valence-electron chi connectivity index (χ4n) is 1.99. The van der Waals surface area contributed by atoms with E-state index in [2.05, 4.69) is 25.7 Å². The summed E-state index contributed by atoms with van der Waals surface area (Å²) in [5, 5.41) is 10.3. The average molecular weight is 276 g/mol. The SMILES string of the molecule is CCC(C)CC(C)(O)C#Cc1cc(OC)ccc1OC. The van der Waals surface area contributed by atoms with Gasteiger partial charge in [0.25, 0.3) is 0 Å². The van der Waals surface area contributed by atoms with Gasteiger partial charge < -0.3 is 14.6 Å². The third-order valence-corrected chi connectivity index (χ3v) is 3.32. The van der Waals surface area contributed by atoms with Crippen molar-refractivity contribution in [2.75, 3.05) is 14.2 Å². The van der Waals surface area contributed by atoms with Crippen LogP contribution in [0.3, 0.4) is 0 Å². The summed E-state index contributed by atoms with van der Waals surface area (Å²) in [6.07, 6.45) is 1.68. The summed E-state index contributed by atoms with van der Waals surface area (Å²) in [7, 11) is 3.21. The van der Waals surface area contributed by atoms with Gasteiger partial charge in [-0.15, -0.1) is 0 Å². The van der Waals surface area contributed by atoms with Crippen LogP contribution in [0.1, 0.15) is 39.2 Å². The van der Waals surface area contributed by atoms with Gasteiger partial charge in [-0.2, -0.15) is 0 Å². The molecule has 2 unspecified atom stereocenters. The van der Waals surface area contributed by atoms with E-state index in [0.29, 0.717) is 18.1 Å². The maximum Gasteiger partial charge on any atom is 0.134 e. The molecular weight excluding hydrogens is 252 g/mol. The minimum atomic E-state index is -0.997. The minimum absolute atomic E-state index is 0.437. The van der Waals surface area contributed by atoms with Gasteiger partial charge in [0.1, 0.15) is 17.1 Å². The van der Waals surface area contributed by atoms with Crippen molar-refractivity contribution in [3.05, 3.63) is 23.8 Å². The standard InChI is InChI=1S/C17H24O3/c1-6-13(2)12-17(3,18)10-9-14-11-15(19-4)7-8-16(14)20-5/h7-8,11,13,18H,6,12H2,1-5H3. The van der Waals surface area contributed by atoms with Crippen molar-refractivity contribution < 1.29 is 14.6 Å². The molecule has 2 atom stereocenters. The van der Waals surface area contributed by atoms with Crippen LogP contribution in [0, 0.1) is 17.8 Å². The Morgan fingerprint density at radius 3 is 2.55 bits per heavy atom. The van der Waals surface area contributed by atoms with Crippen LogP contribution in [0.2, 0.25) is 0 Å². The minimum Gasteiger partial charge on any atom is -0.497 e. The van der Waals surface area contributed by atoms with Crippen molar-refractivity contribution in [1.82, 2.24) is 0 Å². The van der Waals surface area contributed by atoms with Gasteiger partial charge in [-0.3, -0.25) is 0 Å². The predicted octanol–water partition coefficient (Wildman–Crippen LogP) is 3.24. The van der Waals surface area contributed by atoms with Crippen molar-refractivity contribution in [2.24, 2.45) is 5.92 Å². The molecular formula is C17H24O3. The lowest BCUT2D eigenvalue weighted by Crippen LogP contribution is -2.24. The molecule has 110 valence electrons. The van der Waals surface area contributed by atoms with E-state index < -0.39 is 5.60 Å². The first-order valence-corrected chi connectivity index (χ1v) is 6.89. The first-order chi connectivity index (χ1) is 9.41. The third kappa shape index (κ3) is 4.79. The Morgan fingerprint density at radius 2 is 2.00 bits per heavy atom. The summed E-state index contributed by atoms with van der Waals surface area (Å²) in [5.41, 5.74) is -0.278. The Bertz CT molecular complexity index is 495. The van der Waals surface area contributed by atoms with E-state index in [-0.39, 0.29) is 0 Å². The van der Waals surface area contributed by atoms with Gasteiger partial charge in [-0.25, -0.2) is 0 Å². The molecule has 0 aromatic heterocycles. The fourth-order valence-corrected chi connectivity index (χ4v) is 1.99. The van der Waals surface area contributed by atoms with E-state index >= 15 is 0 Å². The summed E-state index contributed by atoms with van der Waals surface area (Å²) in [4.78, 5) is 0. The van der Waals surface area contributed by atoms with E-state index in [9.17, 15) is 5.11 Å². The Morgan fingerprint density at radius 1 is 1.30 bits per heavy atom. The quantitative estimate of drug-likeness (QED) is 0.839. The van der Waals surface area contributed by atoms with Crippen molar-refractivity contribution in [2.45, 2.75) is 39.2 Å². The highest BCUT2D eigenvalue weighted by molar-refractivity contribution is 5.50. The van der Waals surface area contributed by atoms with Gasteiger partial charge in [0.05, 0.1) is 19.8 Å². The molecule has 0 radical (unpaired) electrons. The summed E-state index contributed by atoms with van der Waals surface area (Å²) in [6.45, 7) is 5.97. The molecule has 0 fully saturated rings. The van der Waals surface area contributed by atoms with E-state index in [1.165, 1.54) is 0 Å². The van der Waals surface area contributed by atoms with Crippen molar-refractivity contribution >= 4 is 0 Å². The van der Waals surface area contributed by atoms with E-state index in [1.807, 2.05) is 18.2 Å². The molecule has 3 nitrogen and oxygen atoms in total. The number of hydrogen-bond acceptors (Lipinski definition) is 3. The highest BCUT2D eigenvalue weighted by Gasteiger charge is 2.19. The summed E-state index contributed by atoms with van der Waals surface area (Å²) < 4.78 is 10.5. The van der Waals surface area contributed by atoms with Gasteiger partial charge >= 0.3 is 0 Å². The first-order valence-electron chi connectivity index (χ1n) is 6.89. The molecule has 0 aliphatic carbocycles. The summed E-state index contributed by atoms with van der Waals surface area (Å²) in [6, 6.07) is 5.44. The smallest absolute Gasteiger partial charge is 0.134 e. The normalized spacial score (nSPS) is 14.7. The highest BCUT2D eigenvalue weighted by atomic mass is 16.5. The summed E-state index contributed by atoms with van der Waals surface area (Å²) >= 11 is 0. The van der Waals surface area contributed by atoms with Crippen LogP contribution in [0.15, 0.2) is 18.2 Å². The van der Waals surface area contributed by atoms with Crippen LogP contribution in [0.25, 0.3) is 0 Å². The van der Waals surface area contributed by atoms with Crippen molar-refractivity contribution in [3.63, 3.8) is 0 Å². The molecule has 1 N–H and O–H groups in total. The molecule has 0 aliphatic rings. The third-order valence-electron chi connectivity index (χ3n) is 3.32. The van der Waals surface area contributed by atoms with E-state index in [4.69, 9.17) is 9.47 Å². The van der Waals surface area contributed by atoms with Gasteiger partial charge in [-0.05, 0) is 37.5 Å². The zero-order valence-electron chi connectivity index (χ0n) is 13.0. The number of rotatable bonds is 5. The number of aliphatic hydroxyl groups is 1. The maximum atomic E-state index is 10.3. The lowest BCUT2D eigenvalue weighted by Gasteiger charge is -2.20. The Kier molecular flexibility index (Phi) is 5.91. The van der Waals surface area contributed by atoms with Crippen molar-refractivity contribution in [3.8, 4) is 23.3 Å².